The number of allylic oxidation sites excluding steroid dienone is 1. The Morgan fingerprint density at radius 2 is 1.86 bits per heavy atom. The summed E-state index contributed by atoms with van der Waals surface area (Å²) in [4.78, 5) is 11.3. The van der Waals surface area contributed by atoms with E-state index >= 15 is 0 Å². The topological polar surface area (TPSA) is 35.5 Å². The summed E-state index contributed by atoms with van der Waals surface area (Å²) >= 11 is 0. The van der Waals surface area contributed by atoms with E-state index in [4.69, 9.17) is 9.47 Å². The third-order valence-corrected chi connectivity index (χ3v) is 3.47. The zero-order chi connectivity index (χ0) is 11.0. The fourth-order valence-electron chi connectivity index (χ4n) is 1.05. The second kappa shape index (κ2) is 7.91. The van der Waals surface area contributed by atoms with Crippen LogP contribution in [0.2, 0.25) is 6.04 Å². The number of Topliss-reactive ketones (excluding diaryl/α,β-unsaturated/α-hetero) is 1. The van der Waals surface area contributed by atoms with E-state index in [9.17, 15) is 4.79 Å². The van der Waals surface area contributed by atoms with E-state index in [0.717, 1.165) is 0 Å². The van der Waals surface area contributed by atoms with E-state index in [0.29, 0.717) is 24.8 Å². The molecule has 0 aliphatic heterocycles. The van der Waals surface area contributed by atoms with Gasteiger partial charge in [0.25, 0.3) is 0 Å². The predicted molar refractivity (Wildman–Crippen MR) is 60.2 cm³/mol. The van der Waals surface area contributed by atoms with Gasteiger partial charge in [0, 0.05) is 19.3 Å². The molecule has 0 heterocycles. The summed E-state index contributed by atoms with van der Waals surface area (Å²) in [6.07, 6.45) is 0. The number of hydrogen-bond acceptors (Lipinski definition) is 3. The normalized spacial score (nSPS) is 11.4. The molecule has 14 heavy (non-hydrogen) atoms. The highest BCUT2D eigenvalue weighted by Crippen LogP contribution is 2.00. The van der Waals surface area contributed by atoms with E-state index in [1.54, 1.807) is 6.92 Å². The zero-order valence-corrected chi connectivity index (χ0v) is 10.8. The minimum Gasteiger partial charge on any atom is -0.357 e. The van der Waals surface area contributed by atoms with Crippen LogP contribution in [0.15, 0.2) is 12.2 Å². The molecule has 0 saturated carbocycles. The number of ketones is 1. The van der Waals surface area contributed by atoms with Crippen molar-refractivity contribution in [3.8, 4) is 0 Å². The average molecular weight is 216 g/mol. The van der Waals surface area contributed by atoms with Crippen LogP contribution < -0.4 is 0 Å². The SMILES string of the molecule is C=C(C)C(=O)C[SiH2]C(OCC)OCC. The van der Waals surface area contributed by atoms with Gasteiger partial charge in [-0.25, -0.2) is 0 Å². The van der Waals surface area contributed by atoms with Crippen molar-refractivity contribution in [2.24, 2.45) is 0 Å². The Hall–Kier alpha value is -0.453. The Morgan fingerprint density at radius 1 is 1.36 bits per heavy atom. The average Bonchev–Trinajstić information content (AvgIpc) is 2.14. The molecule has 82 valence electrons. The largest absolute Gasteiger partial charge is 0.357 e. The van der Waals surface area contributed by atoms with Gasteiger partial charge in [-0.15, -0.1) is 0 Å². The first kappa shape index (κ1) is 13.5. The summed E-state index contributed by atoms with van der Waals surface area (Å²) in [5, 5.41) is 0. The quantitative estimate of drug-likeness (QED) is 0.346. The van der Waals surface area contributed by atoms with Crippen LogP contribution in [0.3, 0.4) is 0 Å². The molecule has 0 N–H and O–H groups in total. The van der Waals surface area contributed by atoms with Crippen molar-refractivity contribution in [2.75, 3.05) is 13.2 Å². The first-order chi connectivity index (χ1) is 6.61. The molecule has 0 aliphatic carbocycles. The number of carbonyl (C=O) groups excluding carboxylic acids is 1. The Kier molecular flexibility index (Phi) is 7.65. The van der Waals surface area contributed by atoms with Crippen molar-refractivity contribution in [2.45, 2.75) is 32.7 Å². The molecule has 0 fully saturated rings. The highest BCUT2D eigenvalue weighted by molar-refractivity contribution is 6.43. The molecule has 0 radical (unpaired) electrons. The fourth-order valence-corrected chi connectivity index (χ4v) is 2.78. The molecule has 0 spiro atoms. The van der Waals surface area contributed by atoms with Crippen LogP contribution in [-0.4, -0.2) is 34.4 Å². The molecule has 3 nitrogen and oxygen atoms in total. The van der Waals surface area contributed by atoms with Crippen LogP contribution in [0.1, 0.15) is 20.8 Å². The van der Waals surface area contributed by atoms with Crippen LogP contribution in [0.4, 0.5) is 0 Å². The maximum Gasteiger partial charge on any atom is 0.155 e. The molecule has 0 saturated heterocycles. The maximum absolute atomic E-state index is 11.3. The van der Waals surface area contributed by atoms with Gasteiger partial charge in [0.1, 0.15) is 5.91 Å². The zero-order valence-electron chi connectivity index (χ0n) is 9.34. The molecule has 0 rings (SSSR count). The summed E-state index contributed by atoms with van der Waals surface area (Å²) in [6, 6.07) is 0.583. The Labute approximate surface area is 88.3 Å². The van der Waals surface area contributed by atoms with Crippen LogP contribution in [0.25, 0.3) is 0 Å². The second-order valence-corrected chi connectivity index (χ2v) is 4.83. The fraction of sp³-hybridized carbons (Fsp3) is 0.700. The van der Waals surface area contributed by atoms with Gasteiger partial charge < -0.3 is 9.47 Å². The molecule has 0 aliphatic rings. The Bertz CT molecular complexity index is 186. The molecule has 4 heteroatoms. The third-order valence-electron chi connectivity index (χ3n) is 1.79. The van der Waals surface area contributed by atoms with E-state index in [-0.39, 0.29) is 11.7 Å². The second-order valence-electron chi connectivity index (χ2n) is 3.08. The molecular weight excluding hydrogens is 196 g/mol. The van der Waals surface area contributed by atoms with Gasteiger partial charge in [0.05, 0.1) is 9.52 Å². The monoisotopic (exact) mass is 216 g/mol. The van der Waals surface area contributed by atoms with Gasteiger partial charge in [0.15, 0.2) is 5.78 Å². The molecule has 0 aromatic heterocycles. The lowest BCUT2D eigenvalue weighted by Gasteiger charge is -2.15. The Balaban J connectivity index is 3.80. The lowest BCUT2D eigenvalue weighted by molar-refractivity contribution is -0.114. The lowest BCUT2D eigenvalue weighted by atomic mass is 10.2. The summed E-state index contributed by atoms with van der Waals surface area (Å²) in [5.74, 6) is 0.0226. The van der Waals surface area contributed by atoms with E-state index in [2.05, 4.69) is 6.58 Å². The van der Waals surface area contributed by atoms with Crippen LogP contribution in [0, 0.1) is 0 Å². The predicted octanol–water partition coefficient (Wildman–Crippen LogP) is 1.08. The minimum atomic E-state index is -0.642. The summed E-state index contributed by atoms with van der Waals surface area (Å²) in [6.45, 7) is 10.5. The molecule has 0 aromatic rings. The van der Waals surface area contributed by atoms with E-state index in [1.165, 1.54) is 0 Å². The number of carbonyl (C=O) groups is 1. The van der Waals surface area contributed by atoms with Crippen molar-refractivity contribution >= 4 is 15.3 Å². The molecule has 0 aromatic carbocycles. The molecule has 0 unspecified atom stereocenters. The van der Waals surface area contributed by atoms with Gasteiger partial charge in [-0.1, -0.05) is 6.58 Å². The summed E-state index contributed by atoms with van der Waals surface area (Å²) in [7, 11) is -0.642. The van der Waals surface area contributed by atoms with Crippen LogP contribution in [0.5, 0.6) is 0 Å². The van der Waals surface area contributed by atoms with Crippen molar-refractivity contribution in [3.63, 3.8) is 0 Å². The van der Waals surface area contributed by atoms with Crippen molar-refractivity contribution in [1.82, 2.24) is 0 Å². The van der Waals surface area contributed by atoms with E-state index < -0.39 is 9.52 Å². The highest BCUT2D eigenvalue weighted by atomic mass is 28.2. The van der Waals surface area contributed by atoms with Gasteiger partial charge >= 0.3 is 0 Å². The molecule has 0 amide bonds. The number of rotatable bonds is 8. The van der Waals surface area contributed by atoms with Crippen molar-refractivity contribution in [1.29, 1.82) is 0 Å². The van der Waals surface area contributed by atoms with Gasteiger partial charge in [-0.3, -0.25) is 4.79 Å². The summed E-state index contributed by atoms with van der Waals surface area (Å²) in [5.41, 5.74) is 0.629. The molecule has 0 bridgehead atoms. The molecule has 0 atom stereocenters. The van der Waals surface area contributed by atoms with Crippen molar-refractivity contribution in [3.05, 3.63) is 12.2 Å². The third kappa shape index (κ3) is 6.07. The van der Waals surface area contributed by atoms with Gasteiger partial charge in [-0.2, -0.15) is 0 Å². The lowest BCUT2D eigenvalue weighted by Crippen LogP contribution is -2.26. The first-order valence-corrected chi connectivity index (χ1v) is 6.85. The van der Waals surface area contributed by atoms with Crippen LogP contribution >= 0.6 is 0 Å². The highest BCUT2D eigenvalue weighted by Gasteiger charge is 2.11. The minimum absolute atomic E-state index is 0.117. The standard InChI is InChI=1S/C10H20O3Si/c1-5-12-10(13-6-2)14-7-9(11)8(3)4/h10H,3,5-7,14H2,1-2,4H3. The van der Waals surface area contributed by atoms with Crippen LogP contribution in [-0.2, 0) is 14.3 Å². The van der Waals surface area contributed by atoms with Crippen molar-refractivity contribution < 1.29 is 14.3 Å². The first-order valence-electron chi connectivity index (χ1n) is 5.03. The number of hydrogen-bond donors (Lipinski definition) is 0. The van der Waals surface area contributed by atoms with E-state index in [1.807, 2.05) is 13.8 Å². The van der Waals surface area contributed by atoms with Gasteiger partial charge in [0.2, 0.25) is 0 Å². The summed E-state index contributed by atoms with van der Waals surface area (Å²) < 4.78 is 10.7. The molecular formula is C10H20O3Si. The Morgan fingerprint density at radius 3 is 2.21 bits per heavy atom. The smallest absolute Gasteiger partial charge is 0.155 e. The number of ether oxygens (including phenoxy) is 2. The van der Waals surface area contributed by atoms with Gasteiger partial charge in [-0.05, 0) is 26.3 Å². The maximum atomic E-state index is 11.3.